The van der Waals surface area contributed by atoms with Crippen molar-refractivity contribution in [3.8, 4) is 5.75 Å². The number of rotatable bonds is 11. The highest BCUT2D eigenvalue weighted by molar-refractivity contribution is 5.86. The highest BCUT2D eigenvalue weighted by Gasteiger charge is 2.23. The zero-order chi connectivity index (χ0) is 29.6. The highest BCUT2D eigenvalue weighted by Crippen LogP contribution is 2.35. The minimum absolute atomic E-state index is 0.0454. The molecule has 4 aromatic rings. The summed E-state index contributed by atoms with van der Waals surface area (Å²) in [7, 11) is 0. The van der Waals surface area contributed by atoms with E-state index in [-0.39, 0.29) is 6.04 Å². The fraction of sp³-hybridized carbons (Fsp3) is 0.459. The van der Waals surface area contributed by atoms with Crippen LogP contribution in [-0.2, 0) is 6.42 Å². The fourth-order valence-electron chi connectivity index (χ4n) is 6.94. The molecule has 3 heterocycles. The van der Waals surface area contributed by atoms with E-state index in [0.717, 1.165) is 29.4 Å². The fourth-order valence-corrected chi connectivity index (χ4v) is 6.94. The second-order valence-electron chi connectivity index (χ2n) is 12.7. The van der Waals surface area contributed by atoms with E-state index in [1.54, 1.807) is 6.07 Å². The first kappa shape index (κ1) is 29.6. The number of H-pyrrole nitrogens is 1. The molecule has 6 rings (SSSR count). The lowest BCUT2D eigenvalue weighted by molar-refractivity contribution is 0.162. The summed E-state index contributed by atoms with van der Waals surface area (Å²) >= 11 is 0. The molecule has 1 aromatic heterocycles. The van der Waals surface area contributed by atoms with Crippen LogP contribution in [0.5, 0.6) is 5.75 Å². The van der Waals surface area contributed by atoms with Gasteiger partial charge in [0.25, 0.3) is 0 Å². The van der Waals surface area contributed by atoms with E-state index in [4.69, 9.17) is 0 Å². The maximum atomic E-state index is 10.3. The number of aromatic nitrogens is 1. The third kappa shape index (κ3) is 7.36. The SMILES string of the molecule is CCCc1c(C(Nc2ccc(C)cc2)c2ccc(NC3CCN(CCN4CCCCC4)CC3)cc2)[nH]c2ccc(O)cc12. The number of piperidine rings is 2. The monoisotopic (exact) mass is 579 g/mol. The molecule has 4 N–H and O–H groups in total. The lowest BCUT2D eigenvalue weighted by Crippen LogP contribution is -2.43. The Hall–Kier alpha value is -3.48. The predicted octanol–water partition coefficient (Wildman–Crippen LogP) is 7.70. The number of aromatic hydroxyl groups is 1. The van der Waals surface area contributed by atoms with Crippen LogP contribution in [0.4, 0.5) is 11.4 Å². The number of aromatic amines is 1. The summed E-state index contributed by atoms with van der Waals surface area (Å²) in [5.74, 6) is 0.307. The molecule has 0 spiro atoms. The van der Waals surface area contributed by atoms with Crippen LogP contribution >= 0.6 is 0 Å². The van der Waals surface area contributed by atoms with Crippen molar-refractivity contribution in [2.45, 2.75) is 70.9 Å². The van der Waals surface area contributed by atoms with E-state index < -0.39 is 0 Å². The Labute approximate surface area is 257 Å². The lowest BCUT2D eigenvalue weighted by atomic mass is 9.96. The van der Waals surface area contributed by atoms with Crippen LogP contribution in [0.25, 0.3) is 10.9 Å². The third-order valence-corrected chi connectivity index (χ3v) is 9.46. The van der Waals surface area contributed by atoms with Crippen LogP contribution in [-0.4, -0.2) is 65.2 Å². The topological polar surface area (TPSA) is 66.6 Å². The molecule has 2 aliphatic heterocycles. The van der Waals surface area contributed by atoms with Gasteiger partial charge in [0.05, 0.1) is 6.04 Å². The van der Waals surface area contributed by atoms with Gasteiger partial charge in [0.15, 0.2) is 0 Å². The standard InChI is InChI=1S/C37H49N5O/c1-3-7-33-34-26-32(43)16-17-35(34)40-37(33)36(39-30-12-8-27(2)9-13-30)28-10-14-29(15-11-28)38-31-18-22-42(23-19-31)25-24-41-20-5-4-6-21-41/h8-17,26,31,36,38-40,43H,3-7,18-25H2,1-2H3. The van der Waals surface area contributed by atoms with Gasteiger partial charge in [0, 0.05) is 60.2 Å². The normalized spacial score (nSPS) is 17.7. The Kier molecular flexibility index (Phi) is 9.55. The molecule has 2 saturated heterocycles. The molecule has 0 saturated carbocycles. The maximum Gasteiger partial charge on any atom is 0.116 e. The van der Waals surface area contributed by atoms with Gasteiger partial charge in [-0.1, -0.05) is 49.6 Å². The van der Waals surface area contributed by atoms with Gasteiger partial charge in [-0.15, -0.1) is 0 Å². The second-order valence-corrected chi connectivity index (χ2v) is 12.7. The molecule has 0 aliphatic carbocycles. The molecule has 0 radical (unpaired) electrons. The zero-order valence-corrected chi connectivity index (χ0v) is 26.0. The third-order valence-electron chi connectivity index (χ3n) is 9.46. The zero-order valence-electron chi connectivity index (χ0n) is 26.0. The van der Waals surface area contributed by atoms with Crippen molar-refractivity contribution in [3.63, 3.8) is 0 Å². The smallest absolute Gasteiger partial charge is 0.116 e. The number of aryl methyl sites for hydroxylation is 2. The molecule has 0 bridgehead atoms. The van der Waals surface area contributed by atoms with Crippen LogP contribution in [0.15, 0.2) is 66.7 Å². The van der Waals surface area contributed by atoms with Crippen molar-refractivity contribution >= 4 is 22.3 Å². The Morgan fingerprint density at radius 1 is 0.837 bits per heavy atom. The summed E-state index contributed by atoms with van der Waals surface area (Å²) in [6, 6.07) is 23.8. The van der Waals surface area contributed by atoms with E-state index >= 15 is 0 Å². The molecule has 1 atom stereocenters. The maximum absolute atomic E-state index is 10.3. The van der Waals surface area contributed by atoms with E-state index in [1.807, 2.05) is 12.1 Å². The first-order chi connectivity index (χ1) is 21.1. The second kappa shape index (κ2) is 13.9. The van der Waals surface area contributed by atoms with Gasteiger partial charge in [0.2, 0.25) is 0 Å². The summed E-state index contributed by atoms with van der Waals surface area (Å²) in [5.41, 5.74) is 8.25. The number of anilines is 2. The van der Waals surface area contributed by atoms with Crippen LogP contribution in [0.2, 0.25) is 0 Å². The van der Waals surface area contributed by atoms with Gasteiger partial charge in [-0.05, 0) is 106 Å². The summed E-state index contributed by atoms with van der Waals surface area (Å²) in [4.78, 5) is 9.04. The van der Waals surface area contributed by atoms with Crippen molar-refractivity contribution in [2.24, 2.45) is 0 Å². The van der Waals surface area contributed by atoms with Gasteiger partial charge in [0.1, 0.15) is 5.75 Å². The van der Waals surface area contributed by atoms with Crippen LogP contribution in [0.3, 0.4) is 0 Å². The number of phenolic OH excluding ortho intramolecular Hbond substituents is 1. The van der Waals surface area contributed by atoms with E-state index in [9.17, 15) is 5.11 Å². The quantitative estimate of drug-likeness (QED) is 0.147. The molecule has 228 valence electrons. The molecule has 0 amide bonds. The molecule has 2 aliphatic rings. The molecular formula is C37H49N5O. The van der Waals surface area contributed by atoms with Gasteiger partial charge < -0.3 is 30.5 Å². The largest absolute Gasteiger partial charge is 0.508 e. The minimum Gasteiger partial charge on any atom is -0.508 e. The Balaban J connectivity index is 1.16. The van der Waals surface area contributed by atoms with E-state index in [2.05, 4.69) is 87.8 Å². The summed E-state index contributed by atoms with van der Waals surface area (Å²) < 4.78 is 0. The summed E-state index contributed by atoms with van der Waals surface area (Å²) in [5, 5.41) is 19.0. The molecule has 3 aromatic carbocycles. The molecule has 6 nitrogen and oxygen atoms in total. The number of nitrogens with one attached hydrogen (secondary N) is 3. The molecule has 2 fully saturated rings. The summed E-state index contributed by atoms with van der Waals surface area (Å²) in [6.07, 6.45) is 8.53. The number of hydrogen-bond acceptors (Lipinski definition) is 5. The van der Waals surface area contributed by atoms with Gasteiger partial charge in [-0.3, -0.25) is 0 Å². The average molecular weight is 580 g/mol. The number of phenols is 1. The first-order valence-corrected chi connectivity index (χ1v) is 16.5. The average Bonchev–Trinajstić information content (AvgIpc) is 3.38. The van der Waals surface area contributed by atoms with Crippen molar-refractivity contribution in [3.05, 3.63) is 89.1 Å². The van der Waals surface area contributed by atoms with Crippen molar-refractivity contribution in [1.29, 1.82) is 0 Å². The Morgan fingerprint density at radius 3 is 2.21 bits per heavy atom. The molecular weight excluding hydrogens is 530 g/mol. The van der Waals surface area contributed by atoms with Crippen LogP contribution in [0, 0.1) is 6.92 Å². The highest BCUT2D eigenvalue weighted by atomic mass is 16.3. The number of nitrogens with zero attached hydrogens (tertiary/aromatic N) is 2. The van der Waals surface area contributed by atoms with Crippen LogP contribution < -0.4 is 10.6 Å². The number of hydrogen-bond donors (Lipinski definition) is 4. The lowest BCUT2D eigenvalue weighted by Gasteiger charge is -2.35. The summed E-state index contributed by atoms with van der Waals surface area (Å²) in [6.45, 7) is 11.7. The van der Waals surface area contributed by atoms with E-state index in [0.29, 0.717) is 11.8 Å². The number of fused-ring (bicyclic) bond motifs is 1. The Morgan fingerprint density at radius 2 is 1.51 bits per heavy atom. The van der Waals surface area contributed by atoms with Crippen molar-refractivity contribution < 1.29 is 5.11 Å². The molecule has 43 heavy (non-hydrogen) atoms. The number of likely N-dealkylation sites (tertiary alicyclic amines) is 2. The predicted molar refractivity (Wildman–Crippen MR) is 180 cm³/mol. The Bertz CT molecular complexity index is 1450. The molecule has 6 heteroatoms. The van der Waals surface area contributed by atoms with E-state index in [1.165, 1.54) is 99.4 Å². The van der Waals surface area contributed by atoms with Crippen LogP contribution in [0.1, 0.15) is 73.9 Å². The first-order valence-electron chi connectivity index (χ1n) is 16.5. The van der Waals surface area contributed by atoms with Gasteiger partial charge in [-0.2, -0.15) is 0 Å². The van der Waals surface area contributed by atoms with Crippen molar-refractivity contribution in [1.82, 2.24) is 14.8 Å². The van der Waals surface area contributed by atoms with Gasteiger partial charge in [-0.25, -0.2) is 0 Å². The minimum atomic E-state index is -0.0454. The van der Waals surface area contributed by atoms with Gasteiger partial charge >= 0.3 is 0 Å². The number of benzene rings is 3. The van der Waals surface area contributed by atoms with Crippen molar-refractivity contribution in [2.75, 3.05) is 49.9 Å². The molecule has 1 unspecified atom stereocenters.